The van der Waals surface area contributed by atoms with E-state index in [-0.39, 0.29) is 0 Å². The lowest BCUT2D eigenvalue weighted by molar-refractivity contribution is 0.177. The SMILES string of the molecule is COc1c(C)cnc(CC(O)c2cccc(Br)c2)c1C. The van der Waals surface area contributed by atoms with Crippen LogP contribution < -0.4 is 4.74 Å². The van der Waals surface area contributed by atoms with Crippen molar-refractivity contribution in [2.75, 3.05) is 7.11 Å². The number of hydrogen-bond acceptors (Lipinski definition) is 3. The van der Waals surface area contributed by atoms with E-state index in [1.165, 1.54) is 0 Å². The topological polar surface area (TPSA) is 42.4 Å². The van der Waals surface area contributed by atoms with E-state index in [1.54, 1.807) is 13.3 Å². The van der Waals surface area contributed by atoms with Crippen LogP contribution in [0.15, 0.2) is 34.9 Å². The van der Waals surface area contributed by atoms with Crippen molar-refractivity contribution in [3.63, 3.8) is 0 Å². The molecule has 1 atom stereocenters. The first-order valence-electron chi connectivity index (χ1n) is 6.45. The fourth-order valence-corrected chi connectivity index (χ4v) is 2.71. The molecule has 106 valence electrons. The summed E-state index contributed by atoms with van der Waals surface area (Å²) in [6, 6.07) is 7.69. The molecule has 1 N–H and O–H groups in total. The molecule has 0 saturated carbocycles. The predicted octanol–water partition coefficient (Wildman–Crippen LogP) is 3.75. The largest absolute Gasteiger partial charge is 0.496 e. The quantitative estimate of drug-likeness (QED) is 0.925. The molecule has 1 aromatic carbocycles. The first-order chi connectivity index (χ1) is 9.52. The highest BCUT2D eigenvalue weighted by molar-refractivity contribution is 9.10. The second-order valence-corrected chi connectivity index (χ2v) is 5.74. The predicted molar refractivity (Wildman–Crippen MR) is 83.1 cm³/mol. The van der Waals surface area contributed by atoms with Crippen LogP contribution in [0, 0.1) is 13.8 Å². The van der Waals surface area contributed by atoms with Crippen LogP contribution in [-0.4, -0.2) is 17.2 Å². The van der Waals surface area contributed by atoms with Crippen molar-refractivity contribution in [3.05, 3.63) is 57.3 Å². The number of aryl methyl sites for hydroxylation is 1. The van der Waals surface area contributed by atoms with Gasteiger partial charge in [0.05, 0.1) is 13.2 Å². The Hall–Kier alpha value is -1.39. The molecule has 0 bridgehead atoms. The summed E-state index contributed by atoms with van der Waals surface area (Å²) in [6.07, 6.45) is 1.68. The van der Waals surface area contributed by atoms with Gasteiger partial charge in [-0.1, -0.05) is 28.1 Å². The van der Waals surface area contributed by atoms with Crippen LogP contribution in [0.1, 0.15) is 28.5 Å². The summed E-state index contributed by atoms with van der Waals surface area (Å²) >= 11 is 3.42. The molecule has 20 heavy (non-hydrogen) atoms. The summed E-state index contributed by atoms with van der Waals surface area (Å²) in [4.78, 5) is 4.42. The lowest BCUT2D eigenvalue weighted by Crippen LogP contribution is -2.07. The fourth-order valence-electron chi connectivity index (χ4n) is 2.29. The van der Waals surface area contributed by atoms with E-state index in [1.807, 2.05) is 38.1 Å². The standard InChI is InChI=1S/C16H18BrNO2/c1-10-9-18-14(11(2)16(10)20-3)8-15(19)12-5-4-6-13(17)7-12/h4-7,9,15,19H,8H2,1-3H3. The van der Waals surface area contributed by atoms with Crippen molar-refractivity contribution in [1.29, 1.82) is 0 Å². The third kappa shape index (κ3) is 3.19. The van der Waals surface area contributed by atoms with Crippen LogP contribution in [0.4, 0.5) is 0 Å². The van der Waals surface area contributed by atoms with E-state index in [9.17, 15) is 5.11 Å². The fraction of sp³-hybridized carbons (Fsp3) is 0.312. The van der Waals surface area contributed by atoms with Gasteiger partial charge >= 0.3 is 0 Å². The Morgan fingerprint density at radius 1 is 1.35 bits per heavy atom. The maximum atomic E-state index is 10.4. The molecule has 0 aliphatic carbocycles. The Bertz CT molecular complexity index is 613. The second kappa shape index (κ2) is 6.37. The highest BCUT2D eigenvalue weighted by atomic mass is 79.9. The summed E-state index contributed by atoms with van der Waals surface area (Å²) < 4.78 is 6.35. The van der Waals surface area contributed by atoms with Gasteiger partial charge in [0.2, 0.25) is 0 Å². The molecule has 2 rings (SSSR count). The molecular formula is C16H18BrNO2. The van der Waals surface area contributed by atoms with Gasteiger partial charge in [-0.2, -0.15) is 0 Å². The summed E-state index contributed by atoms with van der Waals surface area (Å²) in [5.74, 6) is 0.844. The van der Waals surface area contributed by atoms with Crippen molar-refractivity contribution in [1.82, 2.24) is 4.98 Å². The minimum atomic E-state index is -0.578. The molecule has 0 aliphatic heterocycles. The Kier molecular flexibility index (Phi) is 4.78. The molecule has 1 heterocycles. The normalized spacial score (nSPS) is 12.2. The summed E-state index contributed by atoms with van der Waals surface area (Å²) in [6.45, 7) is 3.94. The zero-order chi connectivity index (χ0) is 14.7. The number of aliphatic hydroxyl groups is 1. The van der Waals surface area contributed by atoms with E-state index >= 15 is 0 Å². The van der Waals surface area contributed by atoms with Gasteiger partial charge in [-0.05, 0) is 31.5 Å². The van der Waals surface area contributed by atoms with Crippen molar-refractivity contribution in [2.45, 2.75) is 26.4 Å². The van der Waals surface area contributed by atoms with Gasteiger partial charge in [0, 0.05) is 33.9 Å². The molecule has 0 aliphatic rings. The average Bonchev–Trinajstić information content (AvgIpc) is 2.42. The maximum absolute atomic E-state index is 10.4. The first kappa shape index (κ1) is 15.0. The van der Waals surface area contributed by atoms with E-state index in [2.05, 4.69) is 20.9 Å². The van der Waals surface area contributed by atoms with Crippen LogP contribution in [0.3, 0.4) is 0 Å². The second-order valence-electron chi connectivity index (χ2n) is 4.82. The van der Waals surface area contributed by atoms with Gasteiger partial charge in [-0.25, -0.2) is 0 Å². The van der Waals surface area contributed by atoms with Crippen LogP contribution in [0.25, 0.3) is 0 Å². The van der Waals surface area contributed by atoms with Crippen LogP contribution >= 0.6 is 15.9 Å². The molecule has 1 unspecified atom stereocenters. The zero-order valence-electron chi connectivity index (χ0n) is 11.9. The number of aliphatic hydroxyl groups excluding tert-OH is 1. The lowest BCUT2D eigenvalue weighted by atomic mass is 10.0. The van der Waals surface area contributed by atoms with E-state index < -0.39 is 6.10 Å². The number of methoxy groups -OCH3 is 1. The van der Waals surface area contributed by atoms with Crippen LogP contribution in [0.2, 0.25) is 0 Å². The third-order valence-electron chi connectivity index (χ3n) is 3.37. The molecule has 0 saturated heterocycles. The molecule has 0 amide bonds. The monoisotopic (exact) mass is 335 g/mol. The highest BCUT2D eigenvalue weighted by Gasteiger charge is 2.15. The molecular weight excluding hydrogens is 318 g/mol. The van der Waals surface area contributed by atoms with Gasteiger partial charge < -0.3 is 9.84 Å². The Morgan fingerprint density at radius 3 is 2.75 bits per heavy atom. The van der Waals surface area contributed by atoms with E-state index in [4.69, 9.17) is 4.74 Å². The minimum Gasteiger partial charge on any atom is -0.496 e. The number of ether oxygens (including phenoxy) is 1. The number of halogens is 1. The van der Waals surface area contributed by atoms with Gasteiger partial charge in [0.15, 0.2) is 0 Å². The summed E-state index contributed by atoms with van der Waals surface area (Å²) in [7, 11) is 1.66. The van der Waals surface area contributed by atoms with Gasteiger partial charge in [-0.15, -0.1) is 0 Å². The number of aromatic nitrogens is 1. The first-order valence-corrected chi connectivity index (χ1v) is 7.24. The van der Waals surface area contributed by atoms with Crippen molar-refractivity contribution in [3.8, 4) is 5.75 Å². The lowest BCUT2D eigenvalue weighted by Gasteiger charge is -2.15. The Morgan fingerprint density at radius 2 is 2.10 bits per heavy atom. The van der Waals surface area contributed by atoms with Gasteiger partial charge in [0.1, 0.15) is 5.75 Å². The van der Waals surface area contributed by atoms with Gasteiger partial charge in [0.25, 0.3) is 0 Å². The molecule has 0 radical (unpaired) electrons. The zero-order valence-corrected chi connectivity index (χ0v) is 13.4. The maximum Gasteiger partial charge on any atom is 0.128 e. The van der Waals surface area contributed by atoms with Crippen molar-refractivity contribution < 1.29 is 9.84 Å². The smallest absolute Gasteiger partial charge is 0.128 e. The average molecular weight is 336 g/mol. The number of rotatable bonds is 4. The molecule has 4 heteroatoms. The number of pyridine rings is 1. The number of benzene rings is 1. The van der Waals surface area contributed by atoms with Crippen LogP contribution in [-0.2, 0) is 6.42 Å². The molecule has 3 nitrogen and oxygen atoms in total. The Labute approximate surface area is 127 Å². The molecule has 0 spiro atoms. The minimum absolute atomic E-state index is 0.471. The Balaban J connectivity index is 2.26. The van der Waals surface area contributed by atoms with E-state index in [0.29, 0.717) is 6.42 Å². The van der Waals surface area contributed by atoms with Gasteiger partial charge in [-0.3, -0.25) is 4.98 Å². The number of nitrogens with zero attached hydrogens (tertiary/aromatic N) is 1. The third-order valence-corrected chi connectivity index (χ3v) is 3.86. The number of hydrogen-bond donors (Lipinski definition) is 1. The van der Waals surface area contributed by atoms with Crippen molar-refractivity contribution in [2.24, 2.45) is 0 Å². The summed E-state index contributed by atoms with van der Waals surface area (Å²) in [5.41, 5.74) is 3.73. The van der Waals surface area contributed by atoms with E-state index in [0.717, 1.165) is 32.6 Å². The van der Waals surface area contributed by atoms with Crippen LogP contribution in [0.5, 0.6) is 5.75 Å². The molecule has 2 aromatic rings. The molecule has 1 aromatic heterocycles. The molecule has 0 fully saturated rings. The summed E-state index contributed by atoms with van der Waals surface area (Å²) in [5, 5.41) is 10.4. The van der Waals surface area contributed by atoms with Crippen molar-refractivity contribution >= 4 is 15.9 Å². The highest BCUT2D eigenvalue weighted by Crippen LogP contribution is 2.27.